The number of morpholine rings is 1. The SMILES string of the molecule is Cc1cc(C)nc(SCc2c(C(=O)N3CCOCC3)nnn2-c2ccc(F)cc2)n1. The minimum absolute atomic E-state index is 0.191. The molecule has 4 rings (SSSR count). The molecule has 1 aromatic carbocycles. The Morgan fingerprint density at radius 1 is 1.13 bits per heavy atom. The zero-order chi connectivity index (χ0) is 21.1. The molecular weight excluding hydrogens is 407 g/mol. The highest BCUT2D eigenvalue weighted by Crippen LogP contribution is 2.24. The van der Waals surface area contributed by atoms with Crippen LogP contribution in [0.15, 0.2) is 35.5 Å². The molecule has 0 unspecified atom stereocenters. The third kappa shape index (κ3) is 4.49. The molecule has 0 N–H and O–H groups in total. The molecule has 0 saturated carbocycles. The fraction of sp³-hybridized carbons (Fsp3) is 0.350. The van der Waals surface area contributed by atoms with Crippen molar-refractivity contribution in [3.63, 3.8) is 0 Å². The molecule has 0 atom stereocenters. The normalized spacial score (nSPS) is 14.2. The van der Waals surface area contributed by atoms with Crippen molar-refractivity contribution < 1.29 is 13.9 Å². The van der Waals surface area contributed by atoms with Gasteiger partial charge in [-0.25, -0.2) is 19.0 Å². The number of aromatic nitrogens is 5. The molecule has 3 heterocycles. The standard InChI is InChI=1S/C20H21FN6O2S/c1-13-11-14(2)23-20(22-13)30-12-17-18(19(28)26-7-9-29-10-8-26)24-25-27(17)16-5-3-15(21)4-6-16/h3-6,11H,7-10,12H2,1-2H3. The van der Waals surface area contributed by atoms with Gasteiger partial charge >= 0.3 is 0 Å². The number of ether oxygens (including phenoxy) is 1. The molecular formula is C20H21FN6O2S. The van der Waals surface area contributed by atoms with E-state index >= 15 is 0 Å². The van der Waals surface area contributed by atoms with Gasteiger partial charge < -0.3 is 9.64 Å². The molecule has 1 saturated heterocycles. The van der Waals surface area contributed by atoms with E-state index in [-0.39, 0.29) is 17.4 Å². The van der Waals surface area contributed by atoms with Crippen molar-refractivity contribution in [2.24, 2.45) is 0 Å². The molecule has 10 heteroatoms. The summed E-state index contributed by atoms with van der Waals surface area (Å²) in [7, 11) is 0. The highest BCUT2D eigenvalue weighted by atomic mass is 32.2. The predicted octanol–water partition coefficient (Wildman–Crippen LogP) is 2.58. The lowest BCUT2D eigenvalue weighted by atomic mass is 10.2. The smallest absolute Gasteiger partial charge is 0.276 e. The van der Waals surface area contributed by atoms with Gasteiger partial charge in [0.2, 0.25) is 0 Å². The van der Waals surface area contributed by atoms with Crippen LogP contribution in [-0.2, 0) is 10.5 Å². The Morgan fingerprint density at radius 3 is 2.47 bits per heavy atom. The van der Waals surface area contributed by atoms with Gasteiger partial charge in [0.15, 0.2) is 10.9 Å². The number of aryl methyl sites for hydroxylation is 2. The van der Waals surface area contributed by atoms with Gasteiger partial charge in [-0.15, -0.1) is 5.10 Å². The third-order valence-electron chi connectivity index (χ3n) is 4.64. The summed E-state index contributed by atoms with van der Waals surface area (Å²) >= 11 is 1.40. The average molecular weight is 428 g/mol. The summed E-state index contributed by atoms with van der Waals surface area (Å²) in [6.45, 7) is 5.84. The predicted molar refractivity (Wildman–Crippen MR) is 109 cm³/mol. The maximum atomic E-state index is 13.4. The first kappa shape index (κ1) is 20.4. The molecule has 2 aromatic heterocycles. The summed E-state index contributed by atoms with van der Waals surface area (Å²) in [5.41, 5.74) is 3.27. The van der Waals surface area contributed by atoms with Gasteiger partial charge in [0.25, 0.3) is 5.91 Å². The summed E-state index contributed by atoms with van der Waals surface area (Å²) in [5.74, 6) is -0.148. The first-order valence-corrected chi connectivity index (χ1v) is 10.5. The van der Waals surface area contributed by atoms with E-state index in [2.05, 4.69) is 20.3 Å². The van der Waals surface area contributed by atoms with Crippen molar-refractivity contribution >= 4 is 17.7 Å². The van der Waals surface area contributed by atoms with E-state index in [0.717, 1.165) is 11.4 Å². The lowest BCUT2D eigenvalue weighted by molar-refractivity contribution is 0.0298. The number of amides is 1. The van der Waals surface area contributed by atoms with Crippen LogP contribution in [-0.4, -0.2) is 62.1 Å². The number of carbonyl (C=O) groups excluding carboxylic acids is 1. The lowest BCUT2D eigenvalue weighted by Gasteiger charge is -2.26. The largest absolute Gasteiger partial charge is 0.378 e. The summed E-state index contributed by atoms with van der Waals surface area (Å²) in [6.07, 6.45) is 0. The zero-order valence-electron chi connectivity index (χ0n) is 16.7. The van der Waals surface area contributed by atoms with Crippen molar-refractivity contribution in [2.75, 3.05) is 26.3 Å². The van der Waals surface area contributed by atoms with Crippen LogP contribution in [0, 0.1) is 19.7 Å². The third-order valence-corrected chi connectivity index (χ3v) is 5.49. The summed E-state index contributed by atoms with van der Waals surface area (Å²) < 4.78 is 20.3. The second-order valence-corrected chi connectivity index (χ2v) is 7.84. The van der Waals surface area contributed by atoms with E-state index in [9.17, 15) is 9.18 Å². The van der Waals surface area contributed by atoms with Crippen molar-refractivity contribution in [2.45, 2.75) is 24.8 Å². The molecule has 3 aromatic rings. The van der Waals surface area contributed by atoms with E-state index in [0.29, 0.717) is 48.6 Å². The Balaban J connectivity index is 1.67. The Morgan fingerprint density at radius 2 is 1.80 bits per heavy atom. The number of halogens is 1. The summed E-state index contributed by atoms with van der Waals surface area (Å²) in [6, 6.07) is 7.82. The average Bonchev–Trinajstić information content (AvgIpc) is 3.16. The van der Waals surface area contributed by atoms with E-state index in [1.165, 1.54) is 23.9 Å². The van der Waals surface area contributed by atoms with Gasteiger partial charge in [-0.05, 0) is 44.2 Å². The number of benzene rings is 1. The molecule has 8 nitrogen and oxygen atoms in total. The minimum atomic E-state index is -0.344. The molecule has 1 aliphatic heterocycles. The molecule has 0 aliphatic carbocycles. The van der Waals surface area contributed by atoms with Crippen LogP contribution in [0.2, 0.25) is 0 Å². The van der Waals surface area contributed by atoms with Gasteiger partial charge in [0, 0.05) is 30.2 Å². The van der Waals surface area contributed by atoms with Crippen molar-refractivity contribution in [3.05, 3.63) is 58.9 Å². The quantitative estimate of drug-likeness (QED) is 0.456. The number of hydrogen-bond donors (Lipinski definition) is 0. The molecule has 1 aliphatic rings. The van der Waals surface area contributed by atoms with Crippen LogP contribution >= 0.6 is 11.8 Å². The zero-order valence-corrected chi connectivity index (χ0v) is 17.5. The Kier molecular flexibility index (Phi) is 6.05. The van der Waals surface area contributed by atoms with E-state index in [4.69, 9.17) is 4.74 Å². The van der Waals surface area contributed by atoms with Crippen LogP contribution in [0.5, 0.6) is 0 Å². The second kappa shape index (κ2) is 8.88. The maximum absolute atomic E-state index is 13.4. The van der Waals surface area contributed by atoms with Crippen LogP contribution in [0.4, 0.5) is 4.39 Å². The summed E-state index contributed by atoms with van der Waals surface area (Å²) in [5, 5.41) is 8.98. The van der Waals surface area contributed by atoms with Gasteiger partial charge in [0.05, 0.1) is 24.6 Å². The molecule has 0 spiro atoms. The number of thioether (sulfide) groups is 1. The number of hydrogen-bond acceptors (Lipinski definition) is 7. The first-order valence-electron chi connectivity index (χ1n) is 9.54. The Hall–Kier alpha value is -2.85. The van der Waals surface area contributed by atoms with Gasteiger partial charge in [0.1, 0.15) is 5.82 Å². The second-order valence-electron chi connectivity index (χ2n) is 6.90. The Bertz CT molecular complexity index is 1030. The fourth-order valence-corrected chi connectivity index (χ4v) is 4.14. The van der Waals surface area contributed by atoms with Crippen LogP contribution in [0.3, 0.4) is 0 Å². The molecule has 1 amide bonds. The van der Waals surface area contributed by atoms with Crippen LogP contribution in [0.25, 0.3) is 5.69 Å². The molecule has 0 bridgehead atoms. The molecule has 0 radical (unpaired) electrons. The van der Waals surface area contributed by atoms with Gasteiger partial charge in [-0.2, -0.15) is 0 Å². The molecule has 1 fully saturated rings. The van der Waals surface area contributed by atoms with E-state index in [1.807, 2.05) is 19.9 Å². The van der Waals surface area contributed by atoms with Gasteiger partial charge in [-0.3, -0.25) is 4.79 Å². The highest BCUT2D eigenvalue weighted by Gasteiger charge is 2.26. The molecule has 30 heavy (non-hydrogen) atoms. The highest BCUT2D eigenvalue weighted by molar-refractivity contribution is 7.98. The van der Waals surface area contributed by atoms with Crippen molar-refractivity contribution in [1.82, 2.24) is 29.9 Å². The minimum Gasteiger partial charge on any atom is -0.378 e. The topological polar surface area (TPSA) is 86.0 Å². The van der Waals surface area contributed by atoms with E-state index in [1.54, 1.807) is 21.7 Å². The fourth-order valence-electron chi connectivity index (χ4n) is 3.19. The van der Waals surface area contributed by atoms with Crippen molar-refractivity contribution in [3.8, 4) is 5.69 Å². The lowest BCUT2D eigenvalue weighted by Crippen LogP contribution is -2.41. The van der Waals surface area contributed by atoms with E-state index < -0.39 is 0 Å². The summed E-state index contributed by atoms with van der Waals surface area (Å²) in [4.78, 5) is 23.7. The number of carbonyl (C=O) groups is 1. The monoisotopic (exact) mass is 428 g/mol. The van der Waals surface area contributed by atoms with Crippen LogP contribution < -0.4 is 0 Å². The number of rotatable bonds is 5. The van der Waals surface area contributed by atoms with Crippen LogP contribution in [0.1, 0.15) is 27.6 Å². The number of nitrogens with zero attached hydrogens (tertiary/aromatic N) is 6. The Labute approximate surface area is 177 Å². The van der Waals surface area contributed by atoms with Gasteiger partial charge in [-0.1, -0.05) is 17.0 Å². The molecule has 156 valence electrons. The maximum Gasteiger partial charge on any atom is 0.276 e. The van der Waals surface area contributed by atoms with Crippen molar-refractivity contribution in [1.29, 1.82) is 0 Å². The first-order chi connectivity index (χ1) is 14.5.